The fourth-order valence-electron chi connectivity index (χ4n) is 0.589. The minimum atomic E-state index is 0.560. The van der Waals surface area contributed by atoms with Crippen LogP contribution in [0.1, 0.15) is 12.5 Å². The highest BCUT2D eigenvalue weighted by Crippen LogP contribution is 1.97. The van der Waals surface area contributed by atoms with Crippen LogP contribution < -0.4 is 0 Å². The van der Waals surface area contributed by atoms with E-state index in [-0.39, 0.29) is 0 Å². The smallest absolute Gasteiger partial charge is 0.0937 e. The van der Waals surface area contributed by atoms with Crippen LogP contribution in [0.3, 0.4) is 0 Å². The molecule has 0 heterocycles. The van der Waals surface area contributed by atoms with Gasteiger partial charge < -0.3 is 0 Å². The topological polar surface area (TPSA) is 47.6 Å². The van der Waals surface area contributed by atoms with Gasteiger partial charge in [-0.15, -0.1) is 0 Å². The predicted molar refractivity (Wildman–Crippen MR) is 72.8 cm³/mol. The third kappa shape index (κ3) is 16.1. The highest BCUT2D eigenvalue weighted by atomic mass is 14.2. The quantitative estimate of drug-likeness (QED) is 0.674. The molecule has 0 saturated heterocycles. The summed E-state index contributed by atoms with van der Waals surface area (Å²) >= 11 is 0. The molecule has 17 heavy (non-hydrogen) atoms. The molecule has 0 aliphatic heterocycles. The summed E-state index contributed by atoms with van der Waals surface area (Å²) in [5.41, 5.74) is 1.73. The number of hydrogen-bond donors (Lipinski definition) is 0. The lowest BCUT2D eigenvalue weighted by Crippen LogP contribution is -1.63. The van der Waals surface area contributed by atoms with Gasteiger partial charge in [-0.25, -0.2) is 0 Å². The van der Waals surface area contributed by atoms with Crippen molar-refractivity contribution in [1.29, 1.82) is 10.5 Å². The monoisotopic (exact) mass is 224 g/mol. The molecule has 2 heteroatoms. The minimum absolute atomic E-state index is 0.560. The molecular formula is C15H16N2. The molecule has 1 aromatic rings. The second kappa shape index (κ2) is 13.4. The van der Waals surface area contributed by atoms with Crippen molar-refractivity contribution in [2.24, 2.45) is 0 Å². The van der Waals surface area contributed by atoms with Crippen molar-refractivity contribution < 1.29 is 0 Å². The van der Waals surface area contributed by atoms with Gasteiger partial charge in [0.2, 0.25) is 0 Å². The Hall–Kier alpha value is -2.58. The van der Waals surface area contributed by atoms with Gasteiger partial charge in [-0.3, -0.25) is 0 Å². The van der Waals surface area contributed by atoms with Crippen molar-refractivity contribution >= 4 is 6.08 Å². The summed E-state index contributed by atoms with van der Waals surface area (Å²) in [6.45, 7) is 11.7. The molecule has 0 bridgehead atoms. The van der Waals surface area contributed by atoms with Crippen molar-refractivity contribution in [2.75, 3.05) is 0 Å². The third-order valence-corrected chi connectivity index (χ3v) is 1.32. The first-order valence-corrected chi connectivity index (χ1v) is 4.86. The zero-order valence-electron chi connectivity index (χ0n) is 10.1. The van der Waals surface area contributed by atoms with Crippen LogP contribution in [0.15, 0.2) is 61.7 Å². The van der Waals surface area contributed by atoms with E-state index in [2.05, 4.69) is 19.7 Å². The van der Waals surface area contributed by atoms with Gasteiger partial charge in [-0.2, -0.15) is 10.5 Å². The maximum Gasteiger partial charge on any atom is 0.0937 e. The van der Waals surface area contributed by atoms with Gasteiger partial charge >= 0.3 is 0 Å². The van der Waals surface area contributed by atoms with E-state index in [1.54, 1.807) is 13.0 Å². The van der Waals surface area contributed by atoms with Crippen molar-refractivity contribution in [3.05, 3.63) is 67.3 Å². The fourth-order valence-corrected chi connectivity index (χ4v) is 0.589. The molecule has 2 nitrogen and oxygen atoms in total. The van der Waals surface area contributed by atoms with Gasteiger partial charge in [0.15, 0.2) is 0 Å². The molecule has 0 fully saturated rings. The van der Waals surface area contributed by atoms with Crippen LogP contribution in [0.2, 0.25) is 0 Å². The summed E-state index contributed by atoms with van der Waals surface area (Å²) in [4.78, 5) is 0. The van der Waals surface area contributed by atoms with Gasteiger partial charge in [-0.05, 0) is 12.5 Å². The molecule has 0 atom stereocenters. The highest BCUT2D eigenvalue weighted by Gasteiger charge is 1.75. The molecule has 0 unspecified atom stereocenters. The number of hydrogen-bond acceptors (Lipinski definition) is 2. The van der Waals surface area contributed by atoms with E-state index >= 15 is 0 Å². The summed E-state index contributed by atoms with van der Waals surface area (Å²) in [5.74, 6) is 0. The summed E-state index contributed by atoms with van der Waals surface area (Å²) in [7, 11) is 0. The largest absolute Gasteiger partial charge is 0.193 e. The SMILES string of the molecule is C=C(C)C#N.C=CC#N.C=Cc1ccccc1. The molecule has 0 radical (unpaired) electrons. The average Bonchev–Trinajstić information content (AvgIpc) is 2.40. The molecule has 1 rings (SSSR count). The van der Waals surface area contributed by atoms with Gasteiger partial charge in [0, 0.05) is 11.6 Å². The first kappa shape index (κ1) is 16.8. The second-order valence-electron chi connectivity index (χ2n) is 2.84. The fraction of sp³-hybridized carbons (Fsp3) is 0.0667. The number of nitriles is 2. The van der Waals surface area contributed by atoms with Crippen molar-refractivity contribution in [3.63, 3.8) is 0 Å². The second-order valence-corrected chi connectivity index (χ2v) is 2.84. The lowest BCUT2D eigenvalue weighted by atomic mass is 10.2. The number of nitrogens with zero attached hydrogens (tertiary/aromatic N) is 2. The standard InChI is InChI=1S/C8H8.C4H5N.C3H3N/c1-2-8-6-4-3-5-7-8;1-4(2)3-5;1-2-3-4/h2-7H,1H2;1H2,2H3;2H,1H2. The minimum Gasteiger partial charge on any atom is -0.193 e. The van der Waals surface area contributed by atoms with Gasteiger partial charge in [0.1, 0.15) is 0 Å². The van der Waals surface area contributed by atoms with E-state index in [4.69, 9.17) is 10.5 Å². The summed E-state index contributed by atoms with van der Waals surface area (Å²) in [5, 5.41) is 15.3. The number of allylic oxidation sites excluding steroid dienone is 2. The van der Waals surface area contributed by atoms with E-state index in [0.29, 0.717) is 5.57 Å². The molecule has 0 amide bonds. The Morgan fingerprint density at radius 2 is 1.59 bits per heavy atom. The first-order chi connectivity index (χ1) is 8.12. The molecule has 1 aromatic carbocycles. The van der Waals surface area contributed by atoms with Crippen molar-refractivity contribution in [3.8, 4) is 12.1 Å². The van der Waals surface area contributed by atoms with Crippen molar-refractivity contribution in [2.45, 2.75) is 6.92 Å². The summed E-state index contributed by atoms with van der Waals surface area (Å²) in [6, 6.07) is 13.6. The predicted octanol–water partition coefficient (Wildman–Crippen LogP) is 4.11. The molecule has 0 spiro atoms. The molecule has 0 aromatic heterocycles. The average molecular weight is 224 g/mol. The van der Waals surface area contributed by atoms with Gasteiger partial charge in [0.25, 0.3) is 0 Å². The lowest BCUT2D eigenvalue weighted by molar-refractivity contribution is 1.46. The Bertz CT molecular complexity index is 416. The molecule has 0 saturated carbocycles. The van der Waals surface area contributed by atoms with E-state index in [1.165, 1.54) is 11.6 Å². The van der Waals surface area contributed by atoms with Crippen LogP contribution in [0.5, 0.6) is 0 Å². The van der Waals surface area contributed by atoms with Crippen molar-refractivity contribution in [1.82, 2.24) is 0 Å². The Balaban J connectivity index is 0. The molecule has 0 aliphatic carbocycles. The Morgan fingerprint density at radius 3 is 1.76 bits per heavy atom. The van der Waals surface area contributed by atoms with Crippen LogP contribution in [0.25, 0.3) is 6.08 Å². The van der Waals surface area contributed by atoms with Crippen LogP contribution in [0.4, 0.5) is 0 Å². The molecular weight excluding hydrogens is 208 g/mol. The Kier molecular flexibility index (Phi) is 13.3. The van der Waals surface area contributed by atoms with E-state index in [0.717, 1.165) is 0 Å². The van der Waals surface area contributed by atoms with Crippen LogP contribution in [0, 0.1) is 22.7 Å². The zero-order valence-corrected chi connectivity index (χ0v) is 10.1. The maximum absolute atomic E-state index is 7.79. The lowest BCUT2D eigenvalue weighted by Gasteiger charge is -1.85. The van der Waals surface area contributed by atoms with Crippen LogP contribution >= 0.6 is 0 Å². The summed E-state index contributed by atoms with van der Waals surface area (Å²) in [6.07, 6.45) is 3.01. The van der Waals surface area contributed by atoms with Crippen LogP contribution in [-0.4, -0.2) is 0 Å². The van der Waals surface area contributed by atoms with E-state index in [9.17, 15) is 0 Å². The Labute approximate surface area is 103 Å². The maximum atomic E-state index is 7.79. The molecule has 0 aliphatic rings. The number of benzene rings is 1. The zero-order chi connectivity index (χ0) is 13.5. The van der Waals surface area contributed by atoms with E-state index in [1.807, 2.05) is 42.5 Å². The molecule has 86 valence electrons. The third-order valence-electron chi connectivity index (χ3n) is 1.32. The molecule has 0 N–H and O–H groups in total. The first-order valence-electron chi connectivity index (χ1n) is 4.86. The number of rotatable bonds is 1. The van der Waals surface area contributed by atoms with E-state index < -0.39 is 0 Å². The van der Waals surface area contributed by atoms with Gasteiger partial charge in [-0.1, -0.05) is 56.1 Å². The van der Waals surface area contributed by atoms with Gasteiger partial charge in [0.05, 0.1) is 12.1 Å². The Morgan fingerprint density at radius 1 is 1.18 bits per heavy atom. The normalized spacial score (nSPS) is 6.53. The highest BCUT2D eigenvalue weighted by molar-refractivity contribution is 5.45. The van der Waals surface area contributed by atoms with Crippen LogP contribution in [-0.2, 0) is 0 Å². The summed E-state index contributed by atoms with van der Waals surface area (Å²) < 4.78 is 0.